The summed E-state index contributed by atoms with van der Waals surface area (Å²) >= 11 is 0. The molecule has 0 heterocycles. The molecule has 2 atom stereocenters. The molecule has 10 heteroatoms. The Kier molecular flexibility index (Phi) is 65.3. The van der Waals surface area contributed by atoms with Crippen LogP contribution in [-0.2, 0) is 32.7 Å². The van der Waals surface area contributed by atoms with Gasteiger partial charge in [-0.1, -0.05) is 352 Å². The number of carbonyl (C=O) groups excluding carboxylic acids is 2. The molecule has 0 saturated carbocycles. The number of unbranched alkanes of at least 4 members (excludes halogenated alkanes) is 50. The first-order valence-electron chi connectivity index (χ1n) is 37.2. The quantitative estimate of drug-likeness (QED) is 0.0211. The fourth-order valence-electron chi connectivity index (χ4n) is 11.2. The van der Waals surface area contributed by atoms with Gasteiger partial charge in [0.1, 0.15) is 19.8 Å². The van der Waals surface area contributed by atoms with Crippen LogP contribution in [-0.4, -0.2) is 74.9 Å². The van der Waals surface area contributed by atoms with Crippen LogP contribution in [0.1, 0.15) is 380 Å². The number of esters is 2. The van der Waals surface area contributed by atoms with E-state index >= 15 is 0 Å². The number of nitrogens with zero attached hydrogens (tertiary/aromatic N) is 1. The number of carbonyl (C=O) groups is 2. The second kappa shape index (κ2) is 66.6. The van der Waals surface area contributed by atoms with Gasteiger partial charge in [-0.15, -0.1) is 0 Å². The van der Waals surface area contributed by atoms with Crippen molar-refractivity contribution >= 4 is 19.8 Å². The summed E-state index contributed by atoms with van der Waals surface area (Å²) in [5.41, 5.74) is 0. The van der Waals surface area contributed by atoms with Crippen LogP contribution in [0, 0.1) is 0 Å². The van der Waals surface area contributed by atoms with Gasteiger partial charge >= 0.3 is 19.8 Å². The van der Waals surface area contributed by atoms with Crippen molar-refractivity contribution in [2.45, 2.75) is 386 Å². The molecule has 0 amide bonds. The van der Waals surface area contributed by atoms with Crippen LogP contribution in [0.5, 0.6) is 0 Å². The standard InChI is InChI=1S/C75H144NO8P/c1-6-8-10-12-14-16-18-20-22-24-26-28-30-32-33-34-35-36-37-38-39-40-41-42-43-44-46-48-50-52-54-56-58-60-62-64-66-68-75(78)84-73(72-83-85(79,80)82-70-69-76(3,4)5)71-81-74(77)67-65-63-61-59-57-55-53-51-49-47-45-31-29-27-25-23-21-19-17-15-13-11-9-7-2/h18,20,24,26,30,32,73H,6-17,19,21-23,25,27-29,31,33-72H2,1-5H3/p+1/b20-18-,26-24-,32-30-. The molecule has 9 nitrogen and oxygen atoms in total. The summed E-state index contributed by atoms with van der Waals surface area (Å²) in [5, 5.41) is 0. The van der Waals surface area contributed by atoms with Gasteiger partial charge in [0.05, 0.1) is 27.7 Å². The number of hydrogen-bond acceptors (Lipinski definition) is 7. The van der Waals surface area contributed by atoms with E-state index in [1.165, 1.54) is 302 Å². The molecule has 0 radical (unpaired) electrons. The summed E-state index contributed by atoms with van der Waals surface area (Å²) < 4.78 is 34.8. The Hall–Kier alpha value is -1.77. The third kappa shape index (κ3) is 71.2. The van der Waals surface area contributed by atoms with E-state index in [2.05, 4.69) is 50.3 Å². The molecule has 0 aromatic heterocycles. The predicted molar refractivity (Wildman–Crippen MR) is 367 cm³/mol. The minimum absolute atomic E-state index is 0.0355. The summed E-state index contributed by atoms with van der Waals surface area (Å²) in [6.07, 6.45) is 85.6. The van der Waals surface area contributed by atoms with Crippen LogP contribution in [0.25, 0.3) is 0 Å². The van der Waals surface area contributed by atoms with E-state index in [9.17, 15) is 19.0 Å². The largest absolute Gasteiger partial charge is 0.472 e. The van der Waals surface area contributed by atoms with E-state index in [1.807, 2.05) is 21.1 Å². The van der Waals surface area contributed by atoms with Crippen molar-refractivity contribution < 1.29 is 42.1 Å². The smallest absolute Gasteiger partial charge is 0.462 e. The highest BCUT2D eigenvalue weighted by molar-refractivity contribution is 7.47. The Balaban J connectivity index is 3.93. The second-order valence-electron chi connectivity index (χ2n) is 26.7. The van der Waals surface area contributed by atoms with Crippen LogP contribution < -0.4 is 0 Å². The highest BCUT2D eigenvalue weighted by atomic mass is 31.2. The summed E-state index contributed by atoms with van der Waals surface area (Å²) in [5.74, 6) is -0.772. The summed E-state index contributed by atoms with van der Waals surface area (Å²) in [4.78, 5) is 35.9. The van der Waals surface area contributed by atoms with Crippen molar-refractivity contribution in [3.63, 3.8) is 0 Å². The molecule has 0 aromatic carbocycles. The first kappa shape index (κ1) is 83.2. The Bertz CT molecular complexity index is 1530. The third-order valence-corrected chi connectivity index (χ3v) is 17.9. The van der Waals surface area contributed by atoms with Gasteiger partial charge in [-0.2, -0.15) is 0 Å². The van der Waals surface area contributed by atoms with E-state index in [-0.39, 0.29) is 25.6 Å². The Morgan fingerprint density at radius 1 is 0.365 bits per heavy atom. The van der Waals surface area contributed by atoms with Crippen LogP contribution in [0.4, 0.5) is 0 Å². The Morgan fingerprint density at radius 3 is 0.941 bits per heavy atom. The SMILES string of the molecule is CCCCCCC/C=C\C/C=C\C/C=C\CCCCCCCCCCCCCCCCCCCCCCCCC(=O)OC(COC(=O)CCCCCCCCCCCCCCCCCCCCCCCCCC)COP(=O)(O)OCC[N+](C)(C)C. The molecule has 2 unspecified atom stereocenters. The van der Waals surface area contributed by atoms with E-state index in [0.29, 0.717) is 23.9 Å². The van der Waals surface area contributed by atoms with Gasteiger partial charge in [-0.25, -0.2) is 4.57 Å². The number of allylic oxidation sites excluding steroid dienone is 6. The van der Waals surface area contributed by atoms with Crippen molar-refractivity contribution in [1.29, 1.82) is 0 Å². The maximum absolute atomic E-state index is 12.9. The minimum Gasteiger partial charge on any atom is -0.462 e. The fraction of sp³-hybridized carbons (Fsp3) is 0.893. The first-order chi connectivity index (χ1) is 41.5. The molecule has 0 aliphatic rings. The molecule has 85 heavy (non-hydrogen) atoms. The number of quaternary nitrogens is 1. The van der Waals surface area contributed by atoms with Gasteiger partial charge in [0.25, 0.3) is 0 Å². The number of ether oxygens (including phenoxy) is 2. The van der Waals surface area contributed by atoms with Gasteiger partial charge in [-0.05, 0) is 51.4 Å². The van der Waals surface area contributed by atoms with Crippen molar-refractivity contribution in [1.82, 2.24) is 0 Å². The highest BCUT2D eigenvalue weighted by Gasteiger charge is 2.27. The molecular weight excluding hydrogens is 1070 g/mol. The summed E-state index contributed by atoms with van der Waals surface area (Å²) in [6.45, 7) is 4.50. The first-order valence-corrected chi connectivity index (χ1v) is 38.7. The molecule has 0 saturated heterocycles. The molecule has 0 rings (SSSR count). The van der Waals surface area contributed by atoms with E-state index in [0.717, 1.165) is 44.9 Å². The number of rotatable bonds is 70. The van der Waals surface area contributed by atoms with Crippen LogP contribution in [0.15, 0.2) is 36.5 Å². The number of likely N-dealkylation sites (N-methyl/N-ethyl adjacent to an activating group) is 1. The van der Waals surface area contributed by atoms with Gasteiger partial charge in [0, 0.05) is 12.8 Å². The van der Waals surface area contributed by atoms with Gasteiger partial charge in [0.15, 0.2) is 6.10 Å². The van der Waals surface area contributed by atoms with E-state index in [4.69, 9.17) is 18.5 Å². The van der Waals surface area contributed by atoms with E-state index in [1.54, 1.807) is 0 Å². The lowest BCUT2D eigenvalue weighted by molar-refractivity contribution is -0.870. The Morgan fingerprint density at radius 2 is 0.635 bits per heavy atom. The zero-order valence-corrected chi connectivity index (χ0v) is 58.3. The Labute approximate surface area is 529 Å². The molecular formula is C75H145NO8P+. The maximum Gasteiger partial charge on any atom is 0.472 e. The van der Waals surface area contributed by atoms with Crippen molar-refractivity contribution in [2.24, 2.45) is 0 Å². The van der Waals surface area contributed by atoms with Crippen LogP contribution >= 0.6 is 7.82 Å². The minimum atomic E-state index is -4.39. The summed E-state index contributed by atoms with van der Waals surface area (Å²) in [6, 6.07) is 0. The molecule has 502 valence electrons. The zero-order chi connectivity index (χ0) is 61.9. The maximum atomic E-state index is 12.9. The number of phosphoric acid groups is 1. The lowest BCUT2D eigenvalue weighted by Gasteiger charge is -2.24. The molecule has 0 bridgehead atoms. The van der Waals surface area contributed by atoms with Crippen molar-refractivity contribution in [3.8, 4) is 0 Å². The second-order valence-corrected chi connectivity index (χ2v) is 28.1. The highest BCUT2D eigenvalue weighted by Crippen LogP contribution is 2.43. The fourth-order valence-corrected chi connectivity index (χ4v) is 11.9. The molecule has 0 aliphatic heterocycles. The monoisotopic (exact) mass is 1220 g/mol. The topological polar surface area (TPSA) is 108 Å². The number of phosphoric ester groups is 1. The molecule has 0 spiro atoms. The molecule has 0 aliphatic carbocycles. The van der Waals surface area contributed by atoms with Crippen molar-refractivity contribution in [3.05, 3.63) is 36.5 Å². The third-order valence-electron chi connectivity index (χ3n) is 16.9. The lowest BCUT2D eigenvalue weighted by atomic mass is 10.0. The average molecular weight is 1220 g/mol. The molecule has 0 aromatic rings. The number of hydrogen-bond donors (Lipinski definition) is 1. The van der Waals surface area contributed by atoms with Gasteiger partial charge < -0.3 is 18.9 Å². The molecule has 1 N–H and O–H groups in total. The lowest BCUT2D eigenvalue weighted by Crippen LogP contribution is -2.37. The predicted octanol–water partition coefficient (Wildman–Crippen LogP) is 24.2. The molecule has 0 fully saturated rings. The van der Waals surface area contributed by atoms with E-state index < -0.39 is 26.5 Å². The van der Waals surface area contributed by atoms with Crippen LogP contribution in [0.3, 0.4) is 0 Å². The van der Waals surface area contributed by atoms with Crippen molar-refractivity contribution in [2.75, 3.05) is 47.5 Å². The normalized spacial score (nSPS) is 13.2. The van der Waals surface area contributed by atoms with Gasteiger partial charge in [-0.3, -0.25) is 18.6 Å². The average Bonchev–Trinajstić information content (AvgIpc) is 3.50. The zero-order valence-electron chi connectivity index (χ0n) is 57.4. The summed E-state index contributed by atoms with van der Waals surface area (Å²) in [7, 11) is 1.50. The van der Waals surface area contributed by atoms with Gasteiger partial charge in [0.2, 0.25) is 0 Å². The van der Waals surface area contributed by atoms with Crippen LogP contribution in [0.2, 0.25) is 0 Å².